The molecule has 4 rings (SSSR count). The molecule has 1 aromatic carbocycles. The third-order valence-electron chi connectivity index (χ3n) is 4.73. The van der Waals surface area contributed by atoms with Crippen LogP contribution in [0.3, 0.4) is 0 Å². The maximum atomic E-state index is 12.9. The molecule has 1 aliphatic rings. The number of nitrogens with zero attached hydrogens (tertiary/aromatic N) is 1. The van der Waals surface area contributed by atoms with Gasteiger partial charge in [0.25, 0.3) is 5.91 Å². The molecule has 0 aliphatic carbocycles. The van der Waals surface area contributed by atoms with E-state index >= 15 is 0 Å². The van der Waals surface area contributed by atoms with Crippen molar-refractivity contribution in [2.45, 2.75) is 26.2 Å². The Hall–Kier alpha value is -2.80. The van der Waals surface area contributed by atoms with E-state index in [9.17, 15) is 4.79 Å². The van der Waals surface area contributed by atoms with Crippen molar-refractivity contribution in [3.8, 4) is 5.75 Å². The van der Waals surface area contributed by atoms with Crippen LogP contribution >= 0.6 is 0 Å². The van der Waals surface area contributed by atoms with Gasteiger partial charge in [-0.2, -0.15) is 0 Å². The quantitative estimate of drug-likeness (QED) is 0.765. The van der Waals surface area contributed by atoms with Gasteiger partial charge in [0.2, 0.25) is 0 Å². The van der Waals surface area contributed by atoms with Gasteiger partial charge in [0.05, 0.1) is 19.3 Å². The number of anilines is 1. The number of furan rings is 1. The first-order chi connectivity index (χ1) is 12.6. The van der Waals surface area contributed by atoms with Gasteiger partial charge in [-0.3, -0.25) is 4.79 Å². The fraction of sp³-hybridized carbons (Fsp3) is 0.368. The van der Waals surface area contributed by atoms with Crippen molar-refractivity contribution in [3.63, 3.8) is 0 Å². The van der Waals surface area contributed by atoms with E-state index in [-0.39, 0.29) is 11.8 Å². The Labute approximate surface area is 150 Å². The summed E-state index contributed by atoms with van der Waals surface area (Å²) in [7, 11) is 1.58. The number of carbonyl (C=O) groups is 1. The molecule has 3 heterocycles. The van der Waals surface area contributed by atoms with Crippen LogP contribution in [-0.2, 0) is 4.74 Å². The summed E-state index contributed by atoms with van der Waals surface area (Å²) in [5, 5.41) is 7.47. The van der Waals surface area contributed by atoms with Crippen molar-refractivity contribution < 1.29 is 23.2 Å². The van der Waals surface area contributed by atoms with E-state index in [1.165, 1.54) is 0 Å². The standard InChI is InChI=1S/C19H20N2O5/c1-10-17(11(2)26-21-10)20-19(22)13-4-5-15(23-3)18-14(13)8-16(25-18)12-6-7-24-9-12/h4-5,8,12H,6-7,9H2,1-3H3,(H,20,22). The molecule has 0 saturated carbocycles. The largest absolute Gasteiger partial charge is 0.493 e. The zero-order chi connectivity index (χ0) is 18.3. The number of carbonyl (C=O) groups excluding carboxylic acids is 1. The Morgan fingerprint density at radius 2 is 2.19 bits per heavy atom. The third kappa shape index (κ3) is 2.74. The maximum Gasteiger partial charge on any atom is 0.256 e. The minimum Gasteiger partial charge on any atom is -0.493 e. The molecule has 1 amide bonds. The number of aryl methyl sites for hydroxylation is 2. The molecule has 2 aromatic heterocycles. The number of benzene rings is 1. The Morgan fingerprint density at radius 1 is 1.35 bits per heavy atom. The molecular formula is C19H20N2O5. The number of nitrogens with one attached hydrogen (secondary N) is 1. The molecular weight excluding hydrogens is 336 g/mol. The lowest BCUT2D eigenvalue weighted by molar-refractivity contribution is 0.102. The zero-order valence-corrected chi connectivity index (χ0v) is 14.9. The van der Waals surface area contributed by atoms with E-state index < -0.39 is 0 Å². The molecule has 3 aromatic rings. The number of amides is 1. The summed E-state index contributed by atoms with van der Waals surface area (Å²) >= 11 is 0. The summed E-state index contributed by atoms with van der Waals surface area (Å²) in [4.78, 5) is 12.9. The number of fused-ring (bicyclic) bond motifs is 1. The lowest BCUT2D eigenvalue weighted by Crippen LogP contribution is -2.13. The fourth-order valence-electron chi connectivity index (χ4n) is 3.28. The van der Waals surface area contributed by atoms with Crippen LogP contribution < -0.4 is 10.1 Å². The van der Waals surface area contributed by atoms with E-state index in [1.807, 2.05) is 6.07 Å². The molecule has 0 bridgehead atoms. The lowest BCUT2D eigenvalue weighted by atomic mass is 10.0. The third-order valence-corrected chi connectivity index (χ3v) is 4.73. The maximum absolute atomic E-state index is 12.9. The topological polar surface area (TPSA) is 86.7 Å². The van der Waals surface area contributed by atoms with Gasteiger partial charge in [0.1, 0.15) is 17.1 Å². The summed E-state index contributed by atoms with van der Waals surface area (Å²) < 4.78 is 22.0. The number of hydrogen-bond acceptors (Lipinski definition) is 6. The molecule has 1 atom stereocenters. The minimum atomic E-state index is -0.248. The first-order valence-electron chi connectivity index (χ1n) is 8.51. The molecule has 136 valence electrons. The molecule has 7 heteroatoms. The van der Waals surface area contributed by atoms with Crippen molar-refractivity contribution in [2.75, 3.05) is 25.6 Å². The SMILES string of the molecule is COc1ccc(C(=O)Nc2c(C)noc2C)c2cc(C3CCOC3)oc12. The van der Waals surface area contributed by atoms with Crippen LogP contribution in [0.4, 0.5) is 5.69 Å². The van der Waals surface area contributed by atoms with Gasteiger partial charge in [0, 0.05) is 17.9 Å². The monoisotopic (exact) mass is 356 g/mol. The van der Waals surface area contributed by atoms with Gasteiger partial charge in [-0.1, -0.05) is 5.16 Å². The van der Waals surface area contributed by atoms with Crippen LogP contribution in [0.1, 0.15) is 39.9 Å². The van der Waals surface area contributed by atoms with Crippen LogP contribution in [0, 0.1) is 13.8 Å². The molecule has 0 radical (unpaired) electrons. The van der Waals surface area contributed by atoms with Crippen LogP contribution in [0.5, 0.6) is 5.75 Å². The van der Waals surface area contributed by atoms with Crippen molar-refractivity contribution in [2.24, 2.45) is 0 Å². The summed E-state index contributed by atoms with van der Waals surface area (Å²) in [6.45, 7) is 4.89. The summed E-state index contributed by atoms with van der Waals surface area (Å²) in [5.74, 6) is 1.93. The van der Waals surface area contributed by atoms with E-state index in [0.717, 1.165) is 24.2 Å². The van der Waals surface area contributed by atoms with Gasteiger partial charge >= 0.3 is 0 Å². The van der Waals surface area contributed by atoms with E-state index in [4.69, 9.17) is 18.4 Å². The van der Waals surface area contributed by atoms with Crippen molar-refractivity contribution in [3.05, 3.63) is 41.0 Å². The summed E-state index contributed by atoms with van der Waals surface area (Å²) in [5.41, 5.74) is 2.30. The van der Waals surface area contributed by atoms with Crippen LogP contribution in [0.2, 0.25) is 0 Å². The van der Waals surface area contributed by atoms with E-state index in [1.54, 1.807) is 33.1 Å². The summed E-state index contributed by atoms with van der Waals surface area (Å²) in [6, 6.07) is 5.39. The Bertz CT molecular complexity index is 946. The average molecular weight is 356 g/mol. The highest BCUT2D eigenvalue weighted by Crippen LogP contribution is 2.36. The highest BCUT2D eigenvalue weighted by Gasteiger charge is 2.25. The number of aromatic nitrogens is 1. The fourth-order valence-corrected chi connectivity index (χ4v) is 3.28. The summed E-state index contributed by atoms with van der Waals surface area (Å²) in [6.07, 6.45) is 0.906. The van der Waals surface area contributed by atoms with Gasteiger partial charge in [0.15, 0.2) is 17.1 Å². The first kappa shape index (κ1) is 16.7. The molecule has 0 spiro atoms. The van der Waals surface area contributed by atoms with Crippen molar-refractivity contribution in [1.29, 1.82) is 0 Å². The minimum absolute atomic E-state index is 0.200. The van der Waals surface area contributed by atoms with Gasteiger partial charge in [-0.15, -0.1) is 0 Å². The number of ether oxygens (including phenoxy) is 2. The molecule has 1 N–H and O–H groups in total. The second kappa shape index (κ2) is 6.49. The molecule has 1 unspecified atom stereocenters. The highest BCUT2D eigenvalue weighted by molar-refractivity contribution is 6.13. The smallest absolute Gasteiger partial charge is 0.256 e. The normalized spacial score (nSPS) is 17.0. The number of methoxy groups -OCH3 is 1. The molecule has 26 heavy (non-hydrogen) atoms. The van der Waals surface area contributed by atoms with Crippen LogP contribution in [-0.4, -0.2) is 31.4 Å². The van der Waals surface area contributed by atoms with Crippen molar-refractivity contribution in [1.82, 2.24) is 5.16 Å². The predicted octanol–water partition coefficient (Wildman–Crippen LogP) is 3.80. The van der Waals surface area contributed by atoms with E-state index in [0.29, 0.717) is 40.6 Å². The van der Waals surface area contributed by atoms with Gasteiger partial charge < -0.3 is 23.7 Å². The van der Waals surface area contributed by atoms with E-state index in [2.05, 4.69) is 10.5 Å². The highest BCUT2D eigenvalue weighted by atomic mass is 16.5. The molecule has 1 saturated heterocycles. The molecule has 7 nitrogen and oxygen atoms in total. The lowest BCUT2D eigenvalue weighted by Gasteiger charge is -2.07. The van der Waals surface area contributed by atoms with Crippen LogP contribution in [0.25, 0.3) is 11.0 Å². The first-order valence-corrected chi connectivity index (χ1v) is 8.51. The molecule has 1 fully saturated rings. The van der Waals surface area contributed by atoms with Gasteiger partial charge in [-0.25, -0.2) is 0 Å². The predicted molar refractivity (Wildman–Crippen MR) is 94.9 cm³/mol. The Morgan fingerprint density at radius 3 is 2.85 bits per heavy atom. The van der Waals surface area contributed by atoms with Crippen LogP contribution in [0.15, 0.2) is 27.1 Å². The Kier molecular flexibility index (Phi) is 4.16. The number of rotatable bonds is 4. The zero-order valence-electron chi connectivity index (χ0n) is 14.9. The second-order valence-electron chi connectivity index (χ2n) is 6.42. The molecule has 1 aliphatic heterocycles. The van der Waals surface area contributed by atoms with Gasteiger partial charge in [-0.05, 0) is 38.5 Å². The van der Waals surface area contributed by atoms with Crippen molar-refractivity contribution >= 4 is 22.6 Å². The Balaban J connectivity index is 1.75. The second-order valence-corrected chi connectivity index (χ2v) is 6.42. The average Bonchev–Trinajstić information content (AvgIpc) is 3.36. The number of hydrogen-bond donors (Lipinski definition) is 1.